The zero-order valence-electron chi connectivity index (χ0n) is 17.6. The number of halogens is 1. The van der Waals surface area contributed by atoms with Crippen molar-refractivity contribution in [1.82, 2.24) is 5.01 Å². The fourth-order valence-electron chi connectivity index (χ4n) is 4.11. The van der Waals surface area contributed by atoms with Gasteiger partial charge in [-0.15, -0.1) is 0 Å². The molecule has 2 aliphatic heterocycles. The van der Waals surface area contributed by atoms with Crippen molar-refractivity contribution in [3.05, 3.63) is 112 Å². The lowest BCUT2D eigenvalue weighted by molar-refractivity contribution is -0.385. The number of benzene rings is 3. The lowest BCUT2D eigenvalue weighted by Crippen LogP contribution is -2.33. The summed E-state index contributed by atoms with van der Waals surface area (Å²) in [4.78, 5) is 10.9. The van der Waals surface area contributed by atoms with Crippen molar-refractivity contribution in [2.45, 2.75) is 18.7 Å². The zero-order valence-corrected chi connectivity index (χ0v) is 17.6. The van der Waals surface area contributed by atoms with Crippen LogP contribution in [0.3, 0.4) is 0 Å². The Bertz CT molecular complexity index is 1240. The number of nitro groups is 1. The van der Waals surface area contributed by atoms with E-state index in [-0.39, 0.29) is 17.5 Å². The predicted molar refractivity (Wildman–Crippen MR) is 121 cm³/mol. The van der Waals surface area contributed by atoms with Crippen LogP contribution in [0.2, 0.25) is 0 Å². The standard InChI is InChI=1S/C25H20FN3O4/c1-2-13-32-20-10-5-16(6-11-20)22-15-23-21-14-19(29(30)31)9-12-24(21)33-25(28(23)27-22)17-3-7-18(26)8-4-17/h2-12,14,23,25H,1,13,15H2. The molecule has 166 valence electrons. The summed E-state index contributed by atoms with van der Waals surface area (Å²) in [6.45, 7) is 4.06. The Labute approximate surface area is 189 Å². The molecule has 0 fully saturated rings. The summed E-state index contributed by atoms with van der Waals surface area (Å²) >= 11 is 0. The highest BCUT2D eigenvalue weighted by molar-refractivity contribution is 6.02. The maximum atomic E-state index is 13.5. The lowest BCUT2D eigenvalue weighted by atomic mass is 9.95. The molecule has 3 aromatic rings. The predicted octanol–water partition coefficient (Wildman–Crippen LogP) is 5.54. The molecule has 0 bridgehead atoms. The van der Waals surface area contributed by atoms with Crippen LogP contribution in [-0.2, 0) is 0 Å². The molecule has 0 saturated heterocycles. The summed E-state index contributed by atoms with van der Waals surface area (Å²) in [6.07, 6.45) is 1.64. The normalized spacial score (nSPS) is 18.6. The molecule has 0 aliphatic carbocycles. The van der Waals surface area contributed by atoms with Crippen LogP contribution in [0.15, 0.2) is 84.5 Å². The highest BCUT2D eigenvalue weighted by Crippen LogP contribution is 2.48. The van der Waals surface area contributed by atoms with Crippen molar-refractivity contribution in [2.24, 2.45) is 5.10 Å². The molecule has 0 aromatic heterocycles. The van der Waals surface area contributed by atoms with Gasteiger partial charge in [-0.25, -0.2) is 9.40 Å². The van der Waals surface area contributed by atoms with E-state index in [1.807, 2.05) is 24.3 Å². The van der Waals surface area contributed by atoms with Crippen LogP contribution < -0.4 is 9.47 Å². The van der Waals surface area contributed by atoms with Crippen molar-refractivity contribution in [3.8, 4) is 11.5 Å². The number of rotatable bonds is 6. The van der Waals surface area contributed by atoms with Crippen LogP contribution in [0.1, 0.15) is 35.4 Å². The minimum Gasteiger partial charge on any atom is -0.490 e. The lowest BCUT2D eigenvalue weighted by Gasteiger charge is -2.38. The Kier molecular flexibility index (Phi) is 5.26. The van der Waals surface area contributed by atoms with E-state index in [1.54, 1.807) is 35.4 Å². The topological polar surface area (TPSA) is 77.2 Å². The average molecular weight is 445 g/mol. The molecular formula is C25H20FN3O4. The quantitative estimate of drug-likeness (QED) is 0.283. The Morgan fingerprint density at radius 2 is 1.94 bits per heavy atom. The van der Waals surface area contributed by atoms with Gasteiger partial charge in [0.15, 0.2) is 0 Å². The molecule has 2 aliphatic rings. The summed E-state index contributed by atoms with van der Waals surface area (Å²) in [5.74, 6) is 0.941. The monoisotopic (exact) mass is 445 g/mol. The van der Waals surface area contributed by atoms with Gasteiger partial charge in [-0.1, -0.05) is 24.8 Å². The third-order valence-electron chi connectivity index (χ3n) is 5.69. The maximum absolute atomic E-state index is 13.5. The highest BCUT2D eigenvalue weighted by Gasteiger charge is 2.41. The highest BCUT2D eigenvalue weighted by atomic mass is 19.1. The molecule has 2 heterocycles. The van der Waals surface area contributed by atoms with E-state index >= 15 is 0 Å². The molecule has 0 saturated carbocycles. The van der Waals surface area contributed by atoms with E-state index in [0.717, 1.165) is 22.6 Å². The van der Waals surface area contributed by atoms with Gasteiger partial charge in [0, 0.05) is 29.7 Å². The van der Waals surface area contributed by atoms with Gasteiger partial charge in [-0.3, -0.25) is 10.1 Å². The molecule has 0 N–H and O–H groups in total. The van der Waals surface area contributed by atoms with E-state index in [9.17, 15) is 14.5 Å². The van der Waals surface area contributed by atoms with E-state index in [0.29, 0.717) is 24.3 Å². The first-order valence-corrected chi connectivity index (χ1v) is 10.4. The third kappa shape index (κ3) is 3.91. The minimum atomic E-state index is -0.586. The minimum absolute atomic E-state index is 0.00491. The van der Waals surface area contributed by atoms with Gasteiger partial charge in [0.1, 0.15) is 23.9 Å². The Morgan fingerprint density at radius 3 is 2.64 bits per heavy atom. The molecule has 0 radical (unpaired) electrons. The molecular weight excluding hydrogens is 425 g/mol. The first kappa shape index (κ1) is 20.7. The van der Waals surface area contributed by atoms with Crippen molar-refractivity contribution in [1.29, 1.82) is 0 Å². The van der Waals surface area contributed by atoms with Crippen LogP contribution in [0.25, 0.3) is 0 Å². The molecule has 7 nitrogen and oxygen atoms in total. The van der Waals surface area contributed by atoms with Gasteiger partial charge in [-0.2, -0.15) is 5.10 Å². The van der Waals surface area contributed by atoms with E-state index in [4.69, 9.17) is 14.6 Å². The Balaban J connectivity index is 1.53. The fourth-order valence-corrected chi connectivity index (χ4v) is 4.11. The van der Waals surface area contributed by atoms with E-state index in [2.05, 4.69) is 6.58 Å². The number of hydrogen-bond acceptors (Lipinski definition) is 6. The first-order valence-electron chi connectivity index (χ1n) is 10.4. The average Bonchev–Trinajstić information content (AvgIpc) is 3.28. The molecule has 2 atom stereocenters. The van der Waals surface area contributed by atoms with E-state index in [1.165, 1.54) is 18.2 Å². The number of hydrogen-bond donors (Lipinski definition) is 0. The van der Waals surface area contributed by atoms with E-state index < -0.39 is 11.2 Å². The van der Waals surface area contributed by atoms with Crippen molar-refractivity contribution < 1.29 is 18.8 Å². The van der Waals surface area contributed by atoms with Gasteiger partial charge < -0.3 is 9.47 Å². The van der Waals surface area contributed by atoms with Gasteiger partial charge in [0.25, 0.3) is 5.69 Å². The molecule has 3 aromatic carbocycles. The SMILES string of the molecule is C=CCOc1ccc(C2=NN3C(C2)c2cc([N+](=O)[O-])ccc2OC3c2ccc(F)cc2)cc1. The van der Waals surface area contributed by atoms with Crippen LogP contribution in [0, 0.1) is 15.9 Å². The summed E-state index contributed by atoms with van der Waals surface area (Å²) in [5.41, 5.74) is 3.18. The van der Waals surface area contributed by atoms with Gasteiger partial charge in [0.2, 0.25) is 6.23 Å². The van der Waals surface area contributed by atoms with Crippen LogP contribution in [0.5, 0.6) is 11.5 Å². The number of non-ortho nitro benzene ring substituents is 1. The van der Waals surface area contributed by atoms with Crippen LogP contribution in [-0.4, -0.2) is 22.3 Å². The second kappa shape index (κ2) is 8.38. The van der Waals surface area contributed by atoms with Gasteiger partial charge in [0.05, 0.1) is 16.7 Å². The molecule has 2 unspecified atom stereocenters. The molecule has 0 amide bonds. The Hall–Kier alpha value is -4.20. The van der Waals surface area contributed by atoms with Gasteiger partial charge in [-0.05, 0) is 48.0 Å². The van der Waals surface area contributed by atoms with Gasteiger partial charge >= 0.3 is 0 Å². The second-order valence-corrected chi connectivity index (χ2v) is 7.77. The summed E-state index contributed by atoms with van der Waals surface area (Å²) in [7, 11) is 0. The molecule has 8 heteroatoms. The van der Waals surface area contributed by atoms with Crippen LogP contribution in [0.4, 0.5) is 10.1 Å². The first-order chi connectivity index (χ1) is 16.0. The zero-order chi connectivity index (χ0) is 22.9. The smallest absolute Gasteiger partial charge is 0.270 e. The largest absolute Gasteiger partial charge is 0.490 e. The summed E-state index contributed by atoms with van der Waals surface area (Å²) in [5, 5.41) is 18.0. The molecule has 33 heavy (non-hydrogen) atoms. The number of nitrogens with zero attached hydrogens (tertiary/aromatic N) is 3. The third-order valence-corrected chi connectivity index (χ3v) is 5.69. The summed E-state index contributed by atoms with van der Waals surface area (Å²) in [6, 6.07) is 18.0. The number of nitro benzene ring substituents is 1. The summed E-state index contributed by atoms with van der Waals surface area (Å²) < 4.78 is 25.3. The van der Waals surface area contributed by atoms with Crippen LogP contribution >= 0.6 is 0 Å². The maximum Gasteiger partial charge on any atom is 0.270 e. The molecule has 5 rings (SSSR count). The van der Waals surface area contributed by atoms with Crippen molar-refractivity contribution in [2.75, 3.05) is 6.61 Å². The number of fused-ring (bicyclic) bond motifs is 3. The molecule has 0 spiro atoms. The fraction of sp³-hybridized carbons (Fsp3) is 0.160. The number of hydrazone groups is 1. The Morgan fingerprint density at radius 1 is 1.18 bits per heavy atom. The van der Waals surface area contributed by atoms with Crippen molar-refractivity contribution >= 4 is 11.4 Å². The number of ether oxygens (including phenoxy) is 2. The van der Waals surface area contributed by atoms with Crippen molar-refractivity contribution in [3.63, 3.8) is 0 Å². The second-order valence-electron chi connectivity index (χ2n) is 7.77.